The van der Waals surface area contributed by atoms with Crippen LogP contribution in [0.3, 0.4) is 0 Å². The number of carbonyl (C=O) groups is 1. The average Bonchev–Trinajstić information content (AvgIpc) is 2.32. The van der Waals surface area contributed by atoms with Crippen molar-refractivity contribution in [3.05, 3.63) is 0 Å². The fourth-order valence-electron chi connectivity index (χ4n) is 3.84. The van der Waals surface area contributed by atoms with Crippen molar-refractivity contribution in [1.82, 2.24) is 0 Å². The van der Waals surface area contributed by atoms with Gasteiger partial charge in [0.2, 0.25) is 0 Å². The summed E-state index contributed by atoms with van der Waals surface area (Å²) in [5, 5.41) is -4.90. The first-order valence-electron chi connectivity index (χ1n) is 7.11. The number of rotatable bonds is 4. The Kier molecular flexibility index (Phi) is 4.58. The molecule has 0 radical (unpaired) electrons. The van der Waals surface area contributed by atoms with Gasteiger partial charge in [0.05, 0.1) is 6.61 Å². The highest BCUT2D eigenvalue weighted by atomic mass is 32.2. The van der Waals surface area contributed by atoms with Crippen LogP contribution in [0.5, 0.6) is 0 Å². The van der Waals surface area contributed by atoms with E-state index in [1.165, 1.54) is 0 Å². The van der Waals surface area contributed by atoms with Crippen molar-refractivity contribution in [3.8, 4) is 0 Å². The average molecular weight is 326 g/mol. The molecule has 0 aliphatic heterocycles. The monoisotopic (exact) mass is 326 g/mol. The number of hydrogen-bond acceptors (Lipinski definition) is 4. The van der Waals surface area contributed by atoms with Crippen molar-refractivity contribution in [2.45, 2.75) is 44.3 Å². The number of alkyl halides is 2. The highest BCUT2D eigenvalue weighted by molar-refractivity contribution is 7.87. The van der Waals surface area contributed by atoms with Crippen LogP contribution in [0.4, 0.5) is 8.78 Å². The van der Waals surface area contributed by atoms with Crippen molar-refractivity contribution >= 4 is 16.1 Å². The lowest BCUT2D eigenvalue weighted by molar-refractivity contribution is -0.163. The van der Waals surface area contributed by atoms with Gasteiger partial charge in [-0.25, -0.2) is 4.79 Å². The zero-order chi connectivity index (χ0) is 15.8. The van der Waals surface area contributed by atoms with Crippen molar-refractivity contribution in [2.75, 3.05) is 6.61 Å². The minimum atomic E-state index is -5.78. The topological polar surface area (TPSA) is 80.7 Å². The summed E-state index contributed by atoms with van der Waals surface area (Å²) in [6.45, 7) is 1.98. The van der Waals surface area contributed by atoms with Gasteiger partial charge in [-0.2, -0.15) is 17.2 Å². The lowest BCUT2D eigenvalue weighted by atomic mass is 9.65. The molecular formula is C13H20F2O5S. The lowest BCUT2D eigenvalue weighted by Crippen LogP contribution is -2.40. The summed E-state index contributed by atoms with van der Waals surface area (Å²) in [6.07, 6.45) is 4.96. The molecule has 1 N–H and O–H groups in total. The standard InChI is InChI=1S/C13H20F2O5S/c1-8-2-9-4-10(3-8)6-11(5-9)7-20-12(16)13(14,15)21(17,18)19/h8-11H,2-7H2,1H3,(H,17,18,19). The van der Waals surface area contributed by atoms with Crippen LogP contribution in [0.1, 0.15) is 39.0 Å². The van der Waals surface area contributed by atoms with Crippen LogP contribution in [0, 0.1) is 23.7 Å². The fraction of sp³-hybridized carbons (Fsp3) is 0.923. The molecule has 122 valence electrons. The summed E-state index contributed by atoms with van der Waals surface area (Å²) in [6, 6.07) is 0. The maximum atomic E-state index is 13.0. The van der Waals surface area contributed by atoms with Gasteiger partial charge in [0.1, 0.15) is 0 Å². The second-order valence-corrected chi connectivity index (χ2v) is 7.93. The fourth-order valence-corrected chi connectivity index (χ4v) is 4.11. The molecule has 2 bridgehead atoms. The van der Waals surface area contributed by atoms with Crippen LogP contribution < -0.4 is 0 Å². The number of esters is 1. The SMILES string of the molecule is CC1CC2CC(COC(=O)C(F)(F)S(=O)(=O)O)CC(C1)C2. The molecule has 0 saturated heterocycles. The predicted octanol–water partition coefficient (Wildman–Crippen LogP) is 2.47. The second-order valence-electron chi connectivity index (χ2n) is 6.47. The minimum absolute atomic E-state index is 0.0117. The van der Waals surface area contributed by atoms with Crippen molar-refractivity contribution < 1.29 is 31.3 Å². The lowest BCUT2D eigenvalue weighted by Gasteiger charge is -2.41. The minimum Gasteiger partial charge on any atom is -0.460 e. The van der Waals surface area contributed by atoms with Crippen molar-refractivity contribution in [2.24, 2.45) is 23.7 Å². The number of hydrogen-bond donors (Lipinski definition) is 1. The van der Waals surface area contributed by atoms with Gasteiger partial charge in [0, 0.05) is 0 Å². The maximum absolute atomic E-state index is 13.0. The number of fused-ring (bicyclic) bond motifs is 2. The molecular weight excluding hydrogens is 306 g/mol. The van der Waals surface area contributed by atoms with Gasteiger partial charge in [0.25, 0.3) is 0 Å². The van der Waals surface area contributed by atoms with Gasteiger partial charge >= 0.3 is 21.3 Å². The van der Waals surface area contributed by atoms with E-state index in [2.05, 4.69) is 11.7 Å². The van der Waals surface area contributed by atoms with Crippen LogP contribution in [0.25, 0.3) is 0 Å². The van der Waals surface area contributed by atoms with Gasteiger partial charge in [0.15, 0.2) is 0 Å². The third-order valence-electron chi connectivity index (χ3n) is 4.48. The van der Waals surface area contributed by atoms with E-state index in [-0.39, 0.29) is 12.5 Å². The quantitative estimate of drug-likeness (QED) is 0.634. The van der Waals surface area contributed by atoms with Crippen LogP contribution in [0.2, 0.25) is 0 Å². The normalized spacial score (nSPS) is 33.5. The third kappa shape index (κ3) is 3.71. The molecule has 2 unspecified atom stereocenters. The van der Waals surface area contributed by atoms with E-state index in [1.54, 1.807) is 0 Å². The molecule has 8 heteroatoms. The van der Waals surface area contributed by atoms with E-state index in [9.17, 15) is 22.0 Å². The Labute approximate surface area is 122 Å². The molecule has 2 rings (SSSR count). The molecule has 0 amide bonds. The number of ether oxygens (including phenoxy) is 1. The van der Waals surface area contributed by atoms with E-state index in [0.29, 0.717) is 17.8 Å². The van der Waals surface area contributed by atoms with Gasteiger partial charge in [-0.15, -0.1) is 0 Å². The van der Waals surface area contributed by atoms with Crippen LogP contribution >= 0.6 is 0 Å². The Morgan fingerprint density at radius 3 is 2.19 bits per heavy atom. The summed E-state index contributed by atoms with van der Waals surface area (Å²) < 4.78 is 59.8. The first-order chi connectivity index (χ1) is 9.59. The summed E-state index contributed by atoms with van der Waals surface area (Å²) in [7, 11) is -5.78. The first-order valence-corrected chi connectivity index (χ1v) is 8.55. The molecule has 0 aromatic carbocycles. The molecule has 2 fully saturated rings. The summed E-state index contributed by atoms with van der Waals surface area (Å²) in [5.41, 5.74) is 0. The molecule has 21 heavy (non-hydrogen) atoms. The largest absolute Gasteiger partial charge is 0.465 e. The Balaban J connectivity index is 1.88. The Morgan fingerprint density at radius 2 is 1.71 bits per heavy atom. The second kappa shape index (κ2) is 5.79. The Bertz CT molecular complexity index is 487. The molecule has 0 heterocycles. The first kappa shape index (κ1) is 16.6. The maximum Gasteiger partial charge on any atom is 0.465 e. The molecule has 0 aromatic rings. The summed E-state index contributed by atoms with van der Waals surface area (Å²) in [4.78, 5) is 11.1. The smallest absolute Gasteiger partial charge is 0.460 e. The van der Waals surface area contributed by atoms with Gasteiger partial charge in [-0.1, -0.05) is 6.92 Å². The van der Waals surface area contributed by atoms with Gasteiger partial charge < -0.3 is 4.74 Å². The summed E-state index contributed by atoms with van der Waals surface area (Å²) in [5.74, 6) is -0.491. The van der Waals surface area contributed by atoms with Gasteiger partial charge in [-0.05, 0) is 55.8 Å². The Hall–Kier alpha value is -0.760. The van der Waals surface area contributed by atoms with Crippen LogP contribution in [-0.2, 0) is 19.6 Å². The molecule has 2 aliphatic rings. The molecule has 0 spiro atoms. The molecule has 5 nitrogen and oxygen atoms in total. The Morgan fingerprint density at radius 1 is 1.19 bits per heavy atom. The van der Waals surface area contributed by atoms with E-state index in [1.807, 2.05) is 0 Å². The van der Waals surface area contributed by atoms with E-state index < -0.39 is 21.3 Å². The van der Waals surface area contributed by atoms with E-state index in [0.717, 1.165) is 32.1 Å². The summed E-state index contributed by atoms with van der Waals surface area (Å²) >= 11 is 0. The number of halogens is 2. The van der Waals surface area contributed by atoms with E-state index in [4.69, 9.17) is 4.55 Å². The molecule has 2 atom stereocenters. The predicted molar refractivity (Wildman–Crippen MR) is 70.2 cm³/mol. The highest BCUT2D eigenvalue weighted by Gasteiger charge is 2.54. The van der Waals surface area contributed by atoms with Gasteiger partial charge in [-0.3, -0.25) is 4.55 Å². The van der Waals surface area contributed by atoms with Crippen LogP contribution in [-0.4, -0.2) is 30.8 Å². The zero-order valence-corrected chi connectivity index (χ0v) is 12.6. The third-order valence-corrected chi connectivity index (χ3v) is 5.30. The van der Waals surface area contributed by atoms with E-state index >= 15 is 0 Å². The highest BCUT2D eigenvalue weighted by Crippen LogP contribution is 2.44. The van der Waals surface area contributed by atoms with Crippen molar-refractivity contribution in [3.63, 3.8) is 0 Å². The molecule has 0 aromatic heterocycles. The molecule has 2 aliphatic carbocycles. The number of carbonyl (C=O) groups excluding carboxylic acids is 1. The van der Waals surface area contributed by atoms with Crippen LogP contribution in [0.15, 0.2) is 0 Å². The van der Waals surface area contributed by atoms with Crippen molar-refractivity contribution in [1.29, 1.82) is 0 Å². The zero-order valence-electron chi connectivity index (χ0n) is 11.8. The molecule has 2 saturated carbocycles.